The number of aliphatic carboxylic acids is 1. The summed E-state index contributed by atoms with van der Waals surface area (Å²) in [7, 11) is 0. The van der Waals surface area contributed by atoms with Gasteiger partial charge in [-0.2, -0.15) is 0 Å². The molecule has 0 aliphatic carbocycles. The van der Waals surface area contributed by atoms with E-state index >= 15 is 0 Å². The first-order chi connectivity index (χ1) is 9.40. The van der Waals surface area contributed by atoms with Crippen LogP contribution in [0.1, 0.15) is 20.3 Å². The molecule has 0 radical (unpaired) electrons. The fourth-order valence-corrected chi connectivity index (χ4v) is 1.68. The van der Waals surface area contributed by atoms with Crippen LogP contribution in [0.25, 0.3) is 0 Å². The van der Waals surface area contributed by atoms with Crippen LogP contribution in [0.5, 0.6) is 5.75 Å². The molecule has 0 aliphatic heterocycles. The van der Waals surface area contributed by atoms with Crippen LogP contribution in [0.4, 0.5) is 5.69 Å². The second-order valence-corrected chi connectivity index (χ2v) is 4.90. The monoisotopic (exact) mass is 280 g/mol. The normalized spacial score (nSPS) is 12.0. The number of carbonyl (C=O) groups excluding carboxylic acids is 1. The van der Waals surface area contributed by atoms with Crippen LogP contribution in [0.2, 0.25) is 0 Å². The predicted octanol–water partition coefficient (Wildman–Crippen LogP) is 1.46. The van der Waals surface area contributed by atoms with Gasteiger partial charge in [0.25, 0.3) is 0 Å². The van der Waals surface area contributed by atoms with Gasteiger partial charge in [0.05, 0.1) is 11.7 Å². The van der Waals surface area contributed by atoms with Gasteiger partial charge >= 0.3 is 5.97 Å². The summed E-state index contributed by atoms with van der Waals surface area (Å²) in [6.07, 6.45) is 0.573. The second-order valence-electron chi connectivity index (χ2n) is 4.90. The Balaban J connectivity index is 2.71. The first-order valence-corrected chi connectivity index (χ1v) is 6.40. The van der Waals surface area contributed by atoms with Gasteiger partial charge in [-0.15, -0.1) is 0 Å². The number of para-hydroxylation sites is 2. The first kappa shape index (κ1) is 16.0. The zero-order chi connectivity index (χ0) is 15.1. The van der Waals surface area contributed by atoms with E-state index in [0.29, 0.717) is 23.8 Å². The predicted molar refractivity (Wildman–Crippen MR) is 75.6 cm³/mol. The molecule has 0 aromatic heterocycles. The van der Waals surface area contributed by atoms with Gasteiger partial charge in [-0.05, 0) is 24.5 Å². The minimum Gasteiger partial charge on any atom is -0.480 e. The molecule has 0 saturated carbocycles. The Morgan fingerprint density at radius 3 is 2.60 bits per heavy atom. The maximum absolute atomic E-state index is 11.9. The smallest absolute Gasteiger partial charge is 0.341 e. The Hall–Kier alpha value is -2.08. The number of carboxylic acid groups (broad SMARTS) is 1. The standard InChI is InChI=1S/C14H20N2O4/c1-9(2)7-10(15)14(19)16-11-5-3-4-6-12(11)20-8-13(17)18/h3-6,9-10H,7-8,15H2,1-2H3,(H,16,19)(H,17,18)/t10-/m1/s1. The highest BCUT2D eigenvalue weighted by atomic mass is 16.5. The maximum atomic E-state index is 11.9. The average Bonchev–Trinajstić information content (AvgIpc) is 2.36. The molecule has 6 nitrogen and oxygen atoms in total. The number of nitrogens with two attached hydrogens (primary N) is 1. The molecular weight excluding hydrogens is 260 g/mol. The number of ether oxygens (including phenoxy) is 1. The molecular formula is C14H20N2O4. The molecule has 0 aliphatic rings. The molecule has 0 bridgehead atoms. The van der Waals surface area contributed by atoms with E-state index in [0.717, 1.165) is 0 Å². The first-order valence-electron chi connectivity index (χ1n) is 6.40. The molecule has 1 atom stereocenters. The summed E-state index contributed by atoms with van der Waals surface area (Å²) in [6, 6.07) is 6.03. The summed E-state index contributed by atoms with van der Waals surface area (Å²) in [5.41, 5.74) is 6.21. The third kappa shape index (κ3) is 5.27. The minimum atomic E-state index is -1.08. The van der Waals surface area contributed by atoms with Gasteiger partial charge in [0.15, 0.2) is 6.61 Å². The molecule has 1 rings (SSSR count). The molecule has 0 saturated heterocycles. The number of carboxylic acids is 1. The van der Waals surface area contributed by atoms with Crippen molar-refractivity contribution in [3.8, 4) is 5.75 Å². The molecule has 1 aromatic rings. The molecule has 0 heterocycles. The van der Waals surface area contributed by atoms with Crippen molar-refractivity contribution in [2.45, 2.75) is 26.3 Å². The van der Waals surface area contributed by atoms with Gasteiger partial charge < -0.3 is 20.9 Å². The van der Waals surface area contributed by atoms with Gasteiger partial charge in [-0.1, -0.05) is 26.0 Å². The lowest BCUT2D eigenvalue weighted by molar-refractivity contribution is -0.139. The number of amides is 1. The van der Waals surface area contributed by atoms with Crippen molar-refractivity contribution < 1.29 is 19.4 Å². The zero-order valence-electron chi connectivity index (χ0n) is 11.6. The zero-order valence-corrected chi connectivity index (χ0v) is 11.6. The molecule has 1 aromatic carbocycles. The maximum Gasteiger partial charge on any atom is 0.341 e. The van der Waals surface area contributed by atoms with Crippen molar-refractivity contribution in [1.29, 1.82) is 0 Å². The van der Waals surface area contributed by atoms with E-state index in [1.165, 1.54) is 0 Å². The van der Waals surface area contributed by atoms with Gasteiger partial charge in [0.1, 0.15) is 5.75 Å². The second kappa shape index (κ2) is 7.49. The molecule has 20 heavy (non-hydrogen) atoms. The van der Waals surface area contributed by atoms with E-state index in [1.54, 1.807) is 24.3 Å². The van der Waals surface area contributed by atoms with Crippen LogP contribution in [-0.2, 0) is 9.59 Å². The van der Waals surface area contributed by atoms with E-state index in [4.69, 9.17) is 15.6 Å². The van der Waals surface area contributed by atoms with E-state index in [1.807, 2.05) is 13.8 Å². The number of hydrogen-bond acceptors (Lipinski definition) is 4. The molecule has 110 valence electrons. The number of nitrogens with one attached hydrogen (secondary N) is 1. The highest BCUT2D eigenvalue weighted by Crippen LogP contribution is 2.24. The van der Waals surface area contributed by atoms with Crippen LogP contribution in [0.3, 0.4) is 0 Å². The van der Waals surface area contributed by atoms with Gasteiger partial charge in [0, 0.05) is 0 Å². The number of rotatable bonds is 7. The summed E-state index contributed by atoms with van der Waals surface area (Å²) in [6.45, 7) is 3.50. The summed E-state index contributed by atoms with van der Waals surface area (Å²) < 4.78 is 5.11. The lowest BCUT2D eigenvalue weighted by Crippen LogP contribution is -2.36. The Morgan fingerprint density at radius 1 is 1.35 bits per heavy atom. The third-order valence-corrected chi connectivity index (χ3v) is 2.56. The van der Waals surface area contributed by atoms with Crippen LogP contribution < -0.4 is 15.8 Å². The summed E-state index contributed by atoms with van der Waals surface area (Å²) in [5, 5.41) is 11.3. The van der Waals surface area contributed by atoms with E-state index in [9.17, 15) is 9.59 Å². The number of benzene rings is 1. The molecule has 4 N–H and O–H groups in total. The molecule has 6 heteroatoms. The summed E-state index contributed by atoms with van der Waals surface area (Å²) in [5.74, 6) is -0.776. The van der Waals surface area contributed by atoms with Crippen LogP contribution in [0.15, 0.2) is 24.3 Å². The van der Waals surface area contributed by atoms with Gasteiger partial charge in [-0.25, -0.2) is 4.79 Å². The quantitative estimate of drug-likeness (QED) is 0.702. The Labute approximate surface area is 117 Å². The highest BCUT2D eigenvalue weighted by Gasteiger charge is 2.16. The largest absolute Gasteiger partial charge is 0.480 e. The van der Waals surface area contributed by atoms with Crippen molar-refractivity contribution in [3.05, 3.63) is 24.3 Å². The Kier molecular flexibility index (Phi) is 5.99. The topological polar surface area (TPSA) is 102 Å². The minimum absolute atomic E-state index is 0.306. The fourth-order valence-electron chi connectivity index (χ4n) is 1.68. The number of carbonyl (C=O) groups is 2. The van der Waals surface area contributed by atoms with E-state index in [2.05, 4.69) is 5.32 Å². The fraction of sp³-hybridized carbons (Fsp3) is 0.429. The van der Waals surface area contributed by atoms with Crippen molar-refractivity contribution in [1.82, 2.24) is 0 Å². The summed E-state index contributed by atoms with van der Waals surface area (Å²) in [4.78, 5) is 22.4. The van der Waals surface area contributed by atoms with E-state index < -0.39 is 18.6 Å². The summed E-state index contributed by atoms with van der Waals surface area (Å²) >= 11 is 0. The molecule has 0 fully saturated rings. The Morgan fingerprint density at radius 2 is 2.00 bits per heavy atom. The SMILES string of the molecule is CC(C)C[C@@H](N)C(=O)Nc1ccccc1OCC(=O)O. The van der Waals surface area contributed by atoms with Crippen molar-refractivity contribution >= 4 is 17.6 Å². The van der Waals surface area contributed by atoms with Gasteiger partial charge in [0.2, 0.25) is 5.91 Å². The molecule has 0 spiro atoms. The van der Waals surface area contributed by atoms with Gasteiger partial charge in [-0.3, -0.25) is 4.79 Å². The lowest BCUT2D eigenvalue weighted by Gasteiger charge is -2.16. The Bertz CT molecular complexity index is 474. The van der Waals surface area contributed by atoms with E-state index in [-0.39, 0.29) is 5.91 Å². The van der Waals surface area contributed by atoms with Crippen LogP contribution >= 0.6 is 0 Å². The van der Waals surface area contributed by atoms with Crippen molar-refractivity contribution in [3.63, 3.8) is 0 Å². The molecule has 1 amide bonds. The van der Waals surface area contributed by atoms with Crippen molar-refractivity contribution in [2.24, 2.45) is 11.7 Å². The van der Waals surface area contributed by atoms with Crippen LogP contribution in [0, 0.1) is 5.92 Å². The highest BCUT2D eigenvalue weighted by molar-refractivity contribution is 5.95. The number of anilines is 1. The number of hydrogen-bond donors (Lipinski definition) is 3. The van der Waals surface area contributed by atoms with Crippen molar-refractivity contribution in [2.75, 3.05) is 11.9 Å². The lowest BCUT2D eigenvalue weighted by atomic mass is 10.0. The third-order valence-electron chi connectivity index (χ3n) is 2.56. The molecule has 0 unspecified atom stereocenters. The van der Waals surface area contributed by atoms with Crippen LogP contribution in [-0.4, -0.2) is 29.6 Å². The average molecular weight is 280 g/mol.